The second kappa shape index (κ2) is 6.00. The van der Waals surface area contributed by atoms with E-state index in [0.29, 0.717) is 0 Å². The monoisotopic (exact) mass is 924 g/mol. The minimum Gasteiger partial charge on any atom is -0.0707 e. The summed E-state index contributed by atoms with van der Waals surface area (Å²) in [4.78, 5) is 0. The van der Waals surface area contributed by atoms with Crippen LogP contribution in [0.1, 0.15) is 0 Å². The molecular formula is C3I7. The summed E-state index contributed by atoms with van der Waals surface area (Å²) in [6, 6.07) is 0. The first-order chi connectivity index (χ1) is 4.15. The fourth-order valence-corrected chi connectivity index (χ4v) is 7.23. The number of alkyl halides is 6. The van der Waals surface area contributed by atoms with Gasteiger partial charge in [-0.05, 0) is 0 Å². The van der Waals surface area contributed by atoms with Crippen LogP contribution >= 0.6 is 158 Å². The zero-order valence-corrected chi connectivity index (χ0v) is 19.2. The number of halogens is 7. The fourth-order valence-electron chi connectivity index (χ4n) is 0.161. The van der Waals surface area contributed by atoms with E-state index in [1.54, 1.807) is 0 Å². The third-order valence-electron chi connectivity index (χ3n) is 0.498. The molecule has 0 heterocycles. The minimum absolute atomic E-state index is 0.234. The van der Waals surface area contributed by atoms with Gasteiger partial charge in [-0.2, -0.15) is 0 Å². The molecule has 0 unspecified atom stereocenters. The number of rotatable bonds is 2. The van der Waals surface area contributed by atoms with E-state index in [0.717, 1.165) is 0 Å². The highest BCUT2D eigenvalue weighted by molar-refractivity contribution is 14.3. The lowest BCUT2D eigenvalue weighted by Crippen LogP contribution is -2.20. The Hall–Kier alpha value is 5.11. The lowest BCUT2D eigenvalue weighted by Gasteiger charge is -2.26. The molecule has 0 aromatic heterocycles. The summed E-state index contributed by atoms with van der Waals surface area (Å²) in [6.07, 6.45) is 0. The van der Waals surface area contributed by atoms with Gasteiger partial charge in [0.25, 0.3) is 0 Å². The molecule has 0 atom stereocenters. The smallest absolute Gasteiger partial charge is 0.0707 e. The van der Waals surface area contributed by atoms with Crippen molar-refractivity contribution in [2.75, 3.05) is 0 Å². The van der Waals surface area contributed by atoms with E-state index < -0.39 is 0 Å². The van der Waals surface area contributed by atoms with Gasteiger partial charge in [-0.25, -0.2) is 0 Å². The van der Waals surface area contributed by atoms with Crippen LogP contribution in [0.3, 0.4) is 0 Å². The van der Waals surface area contributed by atoms with E-state index in [-0.39, 0.29) is -1.13 Å². The normalized spacial score (nSPS) is 14.4. The van der Waals surface area contributed by atoms with Crippen molar-refractivity contribution in [3.8, 4) is 0 Å². The second-order valence-corrected chi connectivity index (χ2v) is 24.5. The van der Waals surface area contributed by atoms with Crippen LogP contribution in [0.25, 0.3) is 0 Å². The predicted molar refractivity (Wildman–Crippen MR) is 107 cm³/mol. The molecule has 0 nitrogen and oxygen atoms in total. The Bertz CT molecular complexity index is 93.0. The van der Waals surface area contributed by atoms with Crippen molar-refractivity contribution >= 4 is 158 Å². The molecule has 61 valence electrons. The Balaban J connectivity index is 4.23. The summed E-state index contributed by atoms with van der Waals surface area (Å²) >= 11 is 17.1. The molecule has 0 saturated heterocycles. The van der Waals surface area contributed by atoms with E-state index in [9.17, 15) is 0 Å². The SMILES string of the molecule is I[C](C(I)(I)I)C(I)(I)I. The third kappa shape index (κ3) is 6.57. The van der Waals surface area contributed by atoms with E-state index in [2.05, 4.69) is 158 Å². The highest BCUT2D eigenvalue weighted by Crippen LogP contribution is 2.60. The highest BCUT2D eigenvalue weighted by Gasteiger charge is 2.42. The Morgan fingerprint density at radius 2 is 0.900 bits per heavy atom. The van der Waals surface area contributed by atoms with Gasteiger partial charge in [-0.15, -0.1) is 0 Å². The Kier molecular flexibility index (Phi) is 9.06. The zero-order chi connectivity index (χ0) is 8.58. The molecule has 0 aromatic carbocycles. The van der Waals surface area contributed by atoms with Gasteiger partial charge in [-0.1, -0.05) is 158 Å². The Labute approximate surface area is 156 Å². The van der Waals surface area contributed by atoms with E-state index in [1.807, 2.05) is 0 Å². The summed E-state index contributed by atoms with van der Waals surface area (Å²) in [5.74, 6) is 0. The van der Waals surface area contributed by atoms with Gasteiger partial charge in [0.1, 0.15) is 2.80 Å². The maximum Gasteiger partial charge on any atom is 0.143 e. The largest absolute Gasteiger partial charge is 0.143 e. The van der Waals surface area contributed by atoms with E-state index in [4.69, 9.17) is 0 Å². The third-order valence-corrected chi connectivity index (χ3v) is 11.5. The van der Waals surface area contributed by atoms with Crippen molar-refractivity contribution in [2.24, 2.45) is 0 Å². The van der Waals surface area contributed by atoms with Crippen molar-refractivity contribution in [3.05, 3.63) is 3.92 Å². The Morgan fingerprint density at radius 3 is 0.900 bits per heavy atom. The van der Waals surface area contributed by atoms with Crippen LogP contribution in [0.4, 0.5) is 0 Å². The van der Waals surface area contributed by atoms with Gasteiger partial charge in [0.05, 0.1) is 0 Å². The minimum atomic E-state index is 0.234. The molecule has 0 aliphatic rings. The van der Waals surface area contributed by atoms with Crippen LogP contribution in [-0.2, 0) is 0 Å². The van der Waals surface area contributed by atoms with Crippen LogP contribution in [-0.4, -0.2) is -1.13 Å². The van der Waals surface area contributed by atoms with E-state index in [1.165, 1.54) is 3.92 Å². The quantitative estimate of drug-likeness (QED) is 0.241. The first kappa shape index (κ1) is 15.1. The molecule has 0 amide bonds. The molecule has 0 spiro atoms. The van der Waals surface area contributed by atoms with Crippen molar-refractivity contribution in [2.45, 2.75) is -1.13 Å². The summed E-state index contributed by atoms with van der Waals surface area (Å²) in [5.41, 5.74) is 0. The molecule has 0 N–H and O–H groups in total. The zero-order valence-electron chi connectivity index (χ0n) is 4.15. The lowest BCUT2D eigenvalue weighted by molar-refractivity contribution is 1.38. The van der Waals surface area contributed by atoms with Crippen LogP contribution < -0.4 is 0 Å². The second-order valence-electron chi connectivity index (χ2n) is 1.31. The molecule has 0 fully saturated rings. The maximum absolute atomic E-state index is 2.44. The Morgan fingerprint density at radius 1 is 0.700 bits per heavy atom. The molecule has 0 aliphatic carbocycles. The standard InChI is InChI=1S/C3I7/c4-1(2(5,6)7)3(8,9)10. The van der Waals surface area contributed by atoms with Crippen LogP contribution in [0, 0.1) is 3.92 Å². The van der Waals surface area contributed by atoms with Crippen LogP contribution in [0.5, 0.6) is 0 Å². The highest BCUT2D eigenvalue weighted by atomic mass is 127. The average molecular weight is 924 g/mol. The predicted octanol–water partition coefficient (Wildman–Crippen LogP) is 5.87. The molecular weight excluding hydrogens is 924 g/mol. The van der Waals surface area contributed by atoms with Gasteiger partial charge in [-0.3, -0.25) is 0 Å². The maximum atomic E-state index is 2.44. The summed E-state index contributed by atoms with van der Waals surface area (Å²) in [6.45, 7) is 0. The molecule has 0 saturated carbocycles. The lowest BCUT2D eigenvalue weighted by atomic mass is 10.6. The molecule has 10 heavy (non-hydrogen) atoms. The first-order valence-electron chi connectivity index (χ1n) is 1.82. The molecule has 7 heteroatoms. The van der Waals surface area contributed by atoms with Gasteiger partial charge in [0, 0.05) is 0 Å². The number of hydrogen-bond acceptors (Lipinski definition) is 0. The van der Waals surface area contributed by atoms with Crippen molar-refractivity contribution in [3.63, 3.8) is 0 Å². The molecule has 0 aliphatic heterocycles. The van der Waals surface area contributed by atoms with Crippen LogP contribution in [0.15, 0.2) is 0 Å². The molecule has 0 rings (SSSR count). The van der Waals surface area contributed by atoms with E-state index >= 15 is 0 Å². The van der Waals surface area contributed by atoms with Gasteiger partial charge in [0.2, 0.25) is 0 Å². The van der Waals surface area contributed by atoms with Gasteiger partial charge >= 0.3 is 0 Å². The summed E-state index contributed by atoms with van der Waals surface area (Å²) in [5, 5.41) is 0. The molecule has 0 bridgehead atoms. The molecule has 1 radical (unpaired) electrons. The van der Waals surface area contributed by atoms with Gasteiger partial charge in [0.15, 0.2) is 0 Å². The molecule has 0 aromatic rings. The van der Waals surface area contributed by atoms with Gasteiger partial charge < -0.3 is 0 Å². The summed E-state index contributed by atoms with van der Waals surface area (Å²) < 4.78 is 1.93. The summed E-state index contributed by atoms with van der Waals surface area (Å²) in [7, 11) is 0. The average Bonchev–Trinajstić information content (AvgIpc) is 1.59. The first-order valence-corrected chi connectivity index (χ1v) is 9.37. The van der Waals surface area contributed by atoms with Crippen LogP contribution in [0.2, 0.25) is 0 Å². The fraction of sp³-hybridized carbons (Fsp3) is 0.667. The van der Waals surface area contributed by atoms with Crippen molar-refractivity contribution in [1.29, 1.82) is 0 Å². The van der Waals surface area contributed by atoms with Crippen molar-refractivity contribution in [1.82, 2.24) is 0 Å². The topological polar surface area (TPSA) is 0 Å². The van der Waals surface area contributed by atoms with Crippen molar-refractivity contribution < 1.29 is 0 Å². The number of hydrogen-bond donors (Lipinski definition) is 0.